The van der Waals surface area contributed by atoms with Gasteiger partial charge in [-0.25, -0.2) is 0 Å². The van der Waals surface area contributed by atoms with Gasteiger partial charge in [0.15, 0.2) is 0 Å². The summed E-state index contributed by atoms with van der Waals surface area (Å²) < 4.78 is 5.34. The molecule has 0 saturated carbocycles. The summed E-state index contributed by atoms with van der Waals surface area (Å²) in [6, 6.07) is 18.5. The smallest absolute Gasteiger partial charge is 0.323 e. The molecule has 5 heteroatoms. The SMILES string of the molecule is O=C(O)C(N(Cc1ccccc1)Cc1ccccc1)C1(O)CCOCC1. The molecule has 1 heterocycles. The van der Waals surface area contributed by atoms with Gasteiger partial charge >= 0.3 is 5.97 Å². The van der Waals surface area contributed by atoms with E-state index < -0.39 is 17.6 Å². The summed E-state index contributed by atoms with van der Waals surface area (Å²) in [4.78, 5) is 14.0. The lowest BCUT2D eigenvalue weighted by atomic mass is 9.84. The van der Waals surface area contributed by atoms with Crippen molar-refractivity contribution in [2.75, 3.05) is 13.2 Å². The molecular weight excluding hydrogens is 330 g/mol. The molecule has 0 spiro atoms. The summed E-state index contributed by atoms with van der Waals surface area (Å²) in [6.45, 7) is 1.67. The third-order valence-corrected chi connectivity index (χ3v) is 4.92. The number of ether oxygens (including phenoxy) is 1. The van der Waals surface area contributed by atoms with Gasteiger partial charge in [-0.3, -0.25) is 9.69 Å². The molecule has 2 aromatic carbocycles. The fourth-order valence-electron chi connectivity index (χ4n) is 3.60. The summed E-state index contributed by atoms with van der Waals surface area (Å²) in [5.41, 5.74) is 0.740. The van der Waals surface area contributed by atoms with Crippen LogP contribution < -0.4 is 0 Å². The molecule has 0 amide bonds. The largest absolute Gasteiger partial charge is 0.480 e. The molecule has 26 heavy (non-hydrogen) atoms. The van der Waals surface area contributed by atoms with Crippen molar-refractivity contribution in [3.8, 4) is 0 Å². The highest BCUT2D eigenvalue weighted by molar-refractivity contribution is 5.75. The zero-order valence-corrected chi connectivity index (χ0v) is 14.8. The second-order valence-corrected chi connectivity index (χ2v) is 6.83. The van der Waals surface area contributed by atoms with Crippen molar-refractivity contribution in [1.82, 2.24) is 4.90 Å². The number of hydrogen-bond donors (Lipinski definition) is 2. The minimum atomic E-state index is -1.30. The van der Waals surface area contributed by atoms with E-state index in [4.69, 9.17) is 4.74 Å². The van der Waals surface area contributed by atoms with E-state index in [-0.39, 0.29) is 0 Å². The van der Waals surface area contributed by atoms with Crippen LogP contribution in [0.15, 0.2) is 60.7 Å². The van der Waals surface area contributed by atoms with Crippen LogP contribution in [0.25, 0.3) is 0 Å². The highest BCUT2D eigenvalue weighted by Gasteiger charge is 2.46. The molecule has 2 N–H and O–H groups in total. The average Bonchev–Trinajstić information content (AvgIpc) is 2.63. The van der Waals surface area contributed by atoms with Gasteiger partial charge in [-0.05, 0) is 11.1 Å². The van der Waals surface area contributed by atoms with Crippen molar-refractivity contribution in [3.05, 3.63) is 71.8 Å². The molecule has 1 aliphatic rings. The number of nitrogens with zero attached hydrogens (tertiary/aromatic N) is 1. The lowest BCUT2D eigenvalue weighted by Crippen LogP contribution is -2.58. The maximum atomic E-state index is 12.2. The average molecular weight is 355 g/mol. The molecule has 1 aliphatic heterocycles. The molecule has 2 aromatic rings. The van der Waals surface area contributed by atoms with Gasteiger partial charge in [-0.2, -0.15) is 0 Å². The van der Waals surface area contributed by atoms with Crippen LogP contribution in [0.4, 0.5) is 0 Å². The molecule has 138 valence electrons. The number of carboxylic acids is 1. The van der Waals surface area contributed by atoms with Gasteiger partial charge in [0.1, 0.15) is 6.04 Å². The van der Waals surface area contributed by atoms with Crippen molar-refractivity contribution >= 4 is 5.97 Å². The van der Waals surface area contributed by atoms with Crippen LogP contribution in [-0.2, 0) is 22.6 Å². The van der Waals surface area contributed by atoms with Crippen molar-refractivity contribution in [2.45, 2.75) is 37.6 Å². The van der Waals surface area contributed by atoms with Crippen LogP contribution >= 0.6 is 0 Å². The van der Waals surface area contributed by atoms with Crippen LogP contribution in [-0.4, -0.2) is 45.9 Å². The molecule has 3 rings (SSSR count). The first kappa shape index (κ1) is 18.6. The quantitative estimate of drug-likeness (QED) is 0.799. The maximum absolute atomic E-state index is 12.2. The Labute approximate surface area is 153 Å². The number of hydrogen-bond acceptors (Lipinski definition) is 4. The molecule has 1 unspecified atom stereocenters. The lowest BCUT2D eigenvalue weighted by Gasteiger charge is -2.42. The summed E-state index contributed by atoms with van der Waals surface area (Å²) in [5.74, 6) is -0.999. The molecular formula is C21H25NO4. The number of benzene rings is 2. The van der Waals surface area contributed by atoms with Crippen LogP contribution in [0, 0.1) is 0 Å². The van der Waals surface area contributed by atoms with Crippen LogP contribution in [0.3, 0.4) is 0 Å². The zero-order valence-electron chi connectivity index (χ0n) is 14.8. The van der Waals surface area contributed by atoms with Gasteiger partial charge in [-0.15, -0.1) is 0 Å². The van der Waals surface area contributed by atoms with Gasteiger partial charge in [-0.1, -0.05) is 60.7 Å². The Balaban J connectivity index is 1.91. The molecule has 0 aliphatic carbocycles. The lowest BCUT2D eigenvalue weighted by molar-refractivity contribution is -0.166. The van der Waals surface area contributed by atoms with E-state index in [1.165, 1.54) is 0 Å². The van der Waals surface area contributed by atoms with Crippen molar-refractivity contribution in [2.24, 2.45) is 0 Å². The van der Waals surface area contributed by atoms with Gasteiger partial charge < -0.3 is 14.9 Å². The summed E-state index contributed by atoms with van der Waals surface area (Å²) in [5, 5.41) is 21.1. The Bertz CT molecular complexity index is 657. The Kier molecular flexibility index (Phi) is 6.04. The molecule has 0 radical (unpaired) electrons. The number of rotatable bonds is 7. The minimum Gasteiger partial charge on any atom is -0.480 e. The third-order valence-electron chi connectivity index (χ3n) is 4.92. The van der Waals surface area contributed by atoms with E-state index in [0.717, 1.165) is 11.1 Å². The number of carbonyl (C=O) groups is 1. The van der Waals surface area contributed by atoms with Crippen LogP contribution in [0.2, 0.25) is 0 Å². The Morgan fingerprint density at radius 2 is 1.42 bits per heavy atom. The van der Waals surface area contributed by atoms with Crippen molar-refractivity contribution in [3.63, 3.8) is 0 Å². The predicted molar refractivity (Wildman–Crippen MR) is 98.6 cm³/mol. The van der Waals surface area contributed by atoms with Crippen LogP contribution in [0.1, 0.15) is 24.0 Å². The van der Waals surface area contributed by atoms with E-state index in [2.05, 4.69) is 0 Å². The summed E-state index contributed by atoms with van der Waals surface area (Å²) in [6.07, 6.45) is 0.647. The highest BCUT2D eigenvalue weighted by Crippen LogP contribution is 2.30. The Morgan fingerprint density at radius 3 is 1.85 bits per heavy atom. The fourth-order valence-corrected chi connectivity index (χ4v) is 3.60. The Morgan fingerprint density at radius 1 is 0.962 bits per heavy atom. The van der Waals surface area contributed by atoms with Gasteiger partial charge in [0.05, 0.1) is 5.60 Å². The molecule has 0 bridgehead atoms. The maximum Gasteiger partial charge on any atom is 0.323 e. The third kappa shape index (κ3) is 4.49. The summed E-state index contributed by atoms with van der Waals surface area (Å²) >= 11 is 0. The first-order valence-electron chi connectivity index (χ1n) is 8.93. The zero-order chi connectivity index (χ0) is 18.4. The van der Waals surface area contributed by atoms with Crippen LogP contribution in [0.5, 0.6) is 0 Å². The number of carboxylic acid groups (broad SMARTS) is 1. The van der Waals surface area contributed by atoms with Crippen molar-refractivity contribution < 1.29 is 19.7 Å². The standard InChI is InChI=1S/C21H25NO4/c23-20(24)19(21(25)11-13-26-14-12-21)22(15-17-7-3-1-4-8-17)16-18-9-5-2-6-10-18/h1-10,19,25H,11-16H2,(H,23,24). The Hall–Kier alpha value is -2.21. The van der Waals surface area contributed by atoms with E-state index in [1.54, 1.807) is 0 Å². The van der Waals surface area contributed by atoms with Gasteiger partial charge in [0.2, 0.25) is 0 Å². The number of aliphatic carboxylic acids is 1. The fraction of sp³-hybridized carbons (Fsp3) is 0.381. The molecule has 5 nitrogen and oxygen atoms in total. The van der Waals surface area contributed by atoms with E-state index in [9.17, 15) is 15.0 Å². The molecule has 1 atom stereocenters. The monoisotopic (exact) mass is 355 g/mol. The summed E-state index contributed by atoms with van der Waals surface area (Å²) in [7, 11) is 0. The van der Waals surface area contributed by atoms with Crippen molar-refractivity contribution in [1.29, 1.82) is 0 Å². The second-order valence-electron chi connectivity index (χ2n) is 6.83. The molecule has 0 aromatic heterocycles. The molecule has 1 saturated heterocycles. The van der Waals surface area contributed by atoms with Gasteiger partial charge in [0.25, 0.3) is 0 Å². The minimum absolute atomic E-state index is 0.323. The number of aliphatic hydroxyl groups is 1. The normalized spacial score (nSPS) is 17.8. The highest BCUT2D eigenvalue weighted by atomic mass is 16.5. The predicted octanol–water partition coefficient (Wildman–Crippen LogP) is 2.68. The molecule has 1 fully saturated rings. The van der Waals surface area contributed by atoms with E-state index in [1.807, 2.05) is 65.6 Å². The van der Waals surface area contributed by atoms with E-state index in [0.29, 0.717) is 39.1 Å². The second kappa shape index (κ2) is 8.45. The topological polar surface area (TPSA) is 70.0 Å². The van der Waals surface area contributed by atoms with E-state index >= 15 is 0 Å². The first-order chi connectivity index (χ1) is 12.6. The first-order valence-corrected chi connectivity index (χ1v) is 8.93. The van der Waals surface area contributed by atoms with Gasteiger partial charge in [0, 0.05) is 39.1 Å².